The molecule has 1 saturated carbocycles. The van der Waals surface area contributed by atoms with Gasteiger partial charge >= 0.3 is 12.5 Å². The molecule has 230 valence electrons. The highest BCUT2D eigenvalue weighted by atomic mass is 19.4. The molecule has 0 spiro atoms. The lowest BCUT2D eigenvalue weighted by atomic mass is 9.62. The number of alkyl halides is 6. The van der Waals surface area contributed by atoms with E-state index in [-0.39, 0.29) is 29.4 Å². The minimum absolute atomic E-state index is 0.0840. The maximum atomic E-state index is 14.3. The highest BCUT2D eigenvalue weighted by Gasteiger charge is 2.53. The number of pyridine rings is 1. The molecule has 14 heteroatoms. The highest BCUT2D eigenvalue weighted by Crippen LogP contribution is 2.51. The van der Waals surface area contributed by atoms with Crippen molar-refractivity contribution in [1.82, 2.24) is 29.2 Å². The SMILES string of the molecule is C[C@H]1CCCN(Cc2cc3c(C(F)(F)F)cn(-c4cccc(C5(c6nncn6C)CC(OC(F)(F)F)C5)c4)c(=O)c3[nH]2)C1. The molecular formula is C29H30F6N6O2. The second-order valence-electron chi connectivity index (χ2n) is 11.8. The van der Waals surface area contributed by atoms with Crippen molar-refractivity contribution in [3.8, 4) is 5.69 Å². The summed E-state index contributed by atoms with van der Waals surface area (Å²) in [4.78, 5) is 18.8. The number of H-pyrrole nitrogens is 1. The van der Waals surface area contributed by atoms with Gasteiger partial charge in [-0.1, -0.05) is 19.1 Å². The van der Waals surface area contributed by atoms with Crippen LogP contribution in [-0.2, 0) is 29.9 Å². The van der Waals surface area contributed by atoms with Crippen molar-refractivity contribution in [2.45, 2.75) is 63.2 Å². The second kappa shape index (κ2) is 10.5. The first-order chi connectivity index (χ1) is 20.2. The van der Waals surface area contributed by atoms with E-state index in [1.54, 1.807) is 23.7 Å². The quantitative estimate of drug-likeness (QED) is 0.285. The van der Waals surface area contributed by atoms with E-state index in [4.69, 9.17) is 0 Å². The maximum absolute atomic E-state index is 14.3. The molecule has 3 aromatic heterocycles. The van der Waals surface area contributed by atoms with Crippen molar-refractivity contribution in [2.24, 2.45) is 13.0 Å². The van der Waals surface area contributed by atoms with Gasteiger partial charge in [0.15, 0.2) is 0 Å². The van der Waals surface area contributed by atoms with Crippen molar-refractivity contribution < 1.29 is 31.1 Å². The van der Waals surface area contributed by atoms with Crippen LogP contribution in [0.3, 0.4) is 0 Å². The number of halogens is 6. The van der Waals surface area contributed by atoms with E-state index in [1.165, 1.54) is 24.5 Å². The molecule has 0 bridgehead atoms. The number of rotatable bonds is 6. The molecule has 4 aromatic rings. The molecule has 4 heterocycles. The zero-order valence-electron chi connectivity index (χ0n) is 23.5. The van der Waals surface area contributed by atoms with Crippen LogP contribution in [0, 0.1) is 5.92 Å². The summed E-state index contributed by atoms with van der Waals surface area (Å²) in [6.07, 6.45) is -6.58. The molecule has 1 aliphatic heterocycles. The van der Waals surface area contributed by atoms with Gasteiger partial charge in [0.05, 0.1) is 17.1 Å². The number of benzene rings is 1. The van der Waals surface area contributed by atoms with Crippen LogP contribution in [0.5, 0.6) is 0 Å². The van der Waals surface area contributed by atoms with E-state index < -0.39 is 35.2 Å². The Balaban J connectivity index is 1.42. The average Bonchev–Trinajstić information content (AvgIpc) is 3.51. The number of piperidine rings is 1. The summed E-state index contributed by atoms with van der Waals surface area (Å²) in [5.41, 5.74) is -1.71. The van der Waals surface area contributed by atoms with Crippen LogP contribution in [-0.4, -0.2) is 54.8 Å². The van der Waals surface area contributed by atoms with Crippen molar-refractivity contribution in [1.29, 1.82) is 0 Å². The van der Waals surface area contributed by atoms with Crippen LogP contribution in [0.25, 0.3) is 16.6 Å². The van der Waals surface area contributed by atoms with Gasteiger partial charge in [-0.2, -0.15) is 13.2 Å². The maximum Gasteiger partial charge on any atom is 0.522 e. The Bertz CT molecular complexity index is 1700. The highest BCUT2D eigenvalue weighted by molar-refractivity contribution is 5.84. The lowest BCUT2D eigenvalue weighted by Crippen LogP contribution is -2.50. The zero-order valence-corrected chi connectivity index (χ0v) is 23.5. The smallest absolute Gasteiger partial charge is 0.353 e. The molecule has 43 heavy (non-hydrogen) atoms. The number of likely N-dealkylation sites (tertiary alicyclic amines) is 1. The molecule has 8 nitrogen and oxygen atoms in total. The van der Waals surface area contributed by atoms with Gasteiger partial charge in [-0.3, -0.25) is 19.0 Å². The molecular weight excluding hydrogens is 578 g/mol. The Morgan fingerprint density at radius 3 is 2.56 bits per heavy atom. The Morgan fingerprint density at radius 1 is 1.14 bits per heavy atom. The average molecular weight is 609 g/mol. The Kier molecular flexibility index (Phi) is 7.19. The molecule has 1 saturated heterocycles. The van der Waals surface area contributed by atoms with Crippen LogP contribution >= 0.6 is 0 Å². The van der Waals surface area contributed by atoms with Crippen LogP contribution in [0.15, 0.2) is 47.7 Å². The van der Waals surface area contributed by atoms with Crippen LogP contribution in [0.4, 0.5) is 26.3 Å². The zero-order chi connectivity index (χ0) is 30.7. The molecule has 1 atom stereocenters. The fraction of sp³-hybridized carbons (Fsp3) is 0.483. The fourth-order valence-corrected chi connectivity index (χ4v) is 6.65. The summed E-state index contributed by atoms with van der Waals surface area (Å²) in [5, 5.41) is 7.80. The molecule has 1 N–H and O–H groups in total. The molecule has 2 aliphatic rings. The van der Waals surface area contributed by atoms with Gasteiger partial charge in [0.1, 0.15) is 17.7 Å². The van der Waals surface area contributed by atoms with E-state index in [0.29, 0.717) is 29.5 Å². The number of aryl methyl sites for hydroxylation is 1. The van der Waals surface area contributed by atoms with E-state index in [0.717, 1.165) is 36.7 Å². The van der Waals surface area contributed by atoms with E-state index in [2.05, 4.69) is 31.7 Å². The Morgan fingerprint density at radius 2 is 1.91 bits per heavy atom. The van der Waals surface area contributed by atoms with E-state index >= 15 is 0 Å². The number of fused-ring (bicyclic) bond motifs is 1. The van der Waals surface area contributed by atoms with Gasteiger partial charge in [-0.05, 0) is 61.9 Å². The summed E-state index contributed by atoms with van der Waals surface area (Å²) in [6, 6.07) is 7.62. The van der Waals surface area contributed by atoms with Gasteiger partial charge in [0.25, 0.3) is 5.56 Å². The lowest BCUT2D eigenvalue weighted by molar-refractivity contribution is -0.354. The van der Waals surface area contributed by atoms with Gasteiger partial charge in [0.2, 0.25) is 0 Å². The van der Waals surface area contributed by atoms with E-state index in [9.17, 15) is 31.1 Å². The van der Waals surface area contributed by atoms with Crippen molar-refractivity contribution in [3.63, 3.8) is 0 Å². The number of nitrogens with one attached hydrogen (secondary N) is 1. The summed E-state index contributed by atoms with van der Waals surface area (Å²) in [7, 11) is 1.65. The predicted octanol–water partition coefficient (Wildman–Crippen LogP) is 5.68. The van der Waals surface area contributed by atoms with Gasteiger partial charge < -0.3 is 9.55 Å². The standard InChI is InChI=1S/C29H30F6N6O2/c1-17-5-4-8-40(13-17)14-19-10-22-23(28(30,31)32)15-41(25(42)24(22)37-19)20-7-3-6-18(9-20)27(26-38-36-16-39(26)2)11-21(12-27)43-29(33,34)35/h3,6-7,9-10,15-17,21,37H,4-5,8,11-14H2,1-2H3/t17-,21?,27?/m0/s1. The molecule has 1 aliphatic carbocycles. The first kappa shape index (κ1) is 29.4. The first-order valence-corrected chi connectivity index (χ1v) is 14.0. The normalized spacial score (nSPS) is 23.5. The van der Waals surface area contributed by atoms with E-state index in [1.807, 2.05) is 0 Å². The monoisotopic (exact) mass is 608 g/mol. The third-order valence-corrected chi connectivity index (χ3v) is 8.56. The number of ether oxygens (including phenoxy) is 1. The molecule has 6 rings (SSSR count). The molecule has 0 unspecified atom stereocenters. The minimum atomic E-state index is -4.82. The van der Waals surface area contributed by atoms with Crippen molar-refractivity contribution >= 4 is 10.9 Å². The van der Waals surface area contributed by atoms with Crippen molar-refractivity contribution in [3.05, 3.63) is 75.9 Å². The first-order valence-electron chi connectivity index (χ1n) is 14.0. The summed E-state index contributed by atoms with van der Waals surface area (Å²) in [5.74, 6) is 0.857. The topological polar surface area (TPSA) is 81.0 Å². The largest absolute Gasteiger partial charge is 0.522 e. The predicted molar refractivity (Wildman–Crippen MR) is 145 cm³/mol. The molecule has 2 fully saturated rings. The number of hydrogen-bond donors (Lipinski definition) is 1. The van der Waals surface area contributed by atoms with Crippen LogP contribution in [0.1, 0.15) is 55.3 Å². The molecule has 1 aromatic carbocycles. The number of aromatic amines is 1. The summed E-state index contributed by atoms with van der Waals surface area (Å²) in [6.45, 7) is 4.17. The molecule has 0 radical (unpaired) electrons. The summed E-state index contributed by atoms with van der Waals surface area (Å²) < 4.78 is 88.6. The third kappa shape index (κ3) is 5.57. The number of hydrogen-bond acceptors (Lipinski definition) is 5. The fourth-order valence-electron chi connectivity index (χ4n) is 6.65. The van der Waals surface area contributed by atoms with Crippen LogP contribution < -0.4 is 5.56 Å². The van der Waals surface area contributed by atoms with Crippen LogP contribution in [0.2, 0.25) is 0 Å². The van der Waals surface area contributed by atoms with Gasteiger partial charge in [-0.25, -0.2) is 0 Å². The molecule has 0 amide bonds. The number of nitrogens with zero attached hydrogens (tertiary/aromatic N) is 5. The Hall–Kier alpha value is -3.65. The van der Waals surface area contributed by atoms with Gasteiger partial charge in [-0.15, -0.1) is 23.4 Å². The Labute approximate surface area is 242 Å². The third-order valence-electron chi connectivity index (χ3n) is 8.56. The van der Waals surface area contributed by atoms with Gasteiger partial charge in [0, 0.05) is 43.1 Å². The number of aromatic nitrogens is 5. The second-order valence-corrected chi connectivity index (χ2v) is 11.8. The minimum Gasteiger partial charge on any atom is -0.353 e. The summed E-state index contributed by atoms with van der Waals surface area (Å²) >= 11 is 0. The van der Waals surface area contributed by atoms with Crippen molar-refractivity contribution in [2.75, 3.05) is 13.1 Å². The lowest BCUT2D eigenvalue weighted by Gasteiger charge is -2.46.